The molecule has 4 rings (SSSR count). The minimum atomic E-state index is -0.722. The van der Waals surface area contributed by atoms with E-state index in [-0.39, 0.29) is 22.3 Å². The van der Waals surface area contributed by atoms with Crippen LogP contribution >= 0.6 is 23.1 Å². The first-order chi connectivity index (χ1) is 15.8. The van der Waals surface area contributed by atoms with Crippen molar-refractivity contribution in [2.45, 2.75) is 69.3 Å². The van der Waals surface area contributed by atoms with E-state index >= 15 is 0 Å². The molecule has 0 saturated heterocycles. The molecule has 7 heteroatoms. The van der Waals surface area contributed by atoms with Gasteiger partial charge in [0.2, 0.25) is 0 Å². The zero-order valence-electron chi connectivity index (χ0n) is 19.1. The topological polar surface area (TPSA) is 79.7 Å². The lowest BCUT2D eigenvalue weighted by Crippen LogP contribution is -2.40. The van der Waals surface area contributed by atoms with Gasteiger partial charge in [-0.3, -0.25) is 0 Å². The predicted octanol–water partition coefficient (Wildman–Crippen LogP) is 7.11. The quantitative estimate of drug-likeness (QED) is 0.333. The van der Waals surface area contributed by atoms with Crippen LogP contribution in [0.4, 0.5) is 0 Å². The Morgan fingerprint density at radius 3 is 2.61 bits per heavy atom. The van der Waals surface area contributed by atoms with Crippen LogP contribution in [0, 0.1) is 0 Å². The Hall–Kier alpha value is -2.51. The number of thioether (sulfide) groups is 1. The van der Waals surface area contributed by atoms with E-state index in [1.807, 2.05) is 17.6 Å². The molecule has 0 spiro atoms. The summed E-state index contributed by atoms with van der Waals surface area (Å²) in [5.74, 6) is 0.132. The second kappa shape index (κ2) is 9.77. The van der Waals surface area contributed by atoms with Crippen molar-refractivity contribution in [1.82, 2.24) is 4.98 Å². The molecule has 174 valence electrons. The van der Waals surface area contributed by atoms with Crippen LogP contribution in [0.5, 0.6) is 5.75 Å². The molecule has 0 amide bonds. The first-order valence-corrected chi connectivity index (χ1v) is 13.0. The monoisotopic (exact) mass is 483 g/mol. The van der Waals surface area contributed by atoms with Gasteiger partial charge in [0.1, 0.15) is 22.0 Å². The van der Waals surface area contributed by atoms with Crippen LogP contribution in [0.2, 0.25) is 0 Å². The summed E-state index contributed by atoms with van der Waals surface area (Å²) in [5, 5.41) is 20.5. The number of nitrogens with zero attached hydrogens (tertiary/aromatic N) is 1. The van der Waals surface area contributed by atoms with Crippen LogP contribution in [0.3, 0.4) is 0 Å². The third-order valence-corrected chi connectivity index (χ3v) is 8.03. The second-order valence-corrected chi connectivity index (χ2v) is 10.8. The summed E-state index contributed by atoms with van der Waals surface area (Å²) in [6.45, 7) is 6.28. The zero-order chi connectivity index (χ0) is 23.6. The number of phenolic OH excluding ortho intramolecular Hbond substituents is 1. The normalized spacial score (nSPS) is 18.8. The Labute approximate surface area is 202 Å². The fourth-order valence-corrected chi connectivity index (χ4v) is 6.22. The van der Waals surface area contributed by atoms with E-state index in [2.05, 4.69) is 37.9 Å². The molecule has 1 atom stereocenters. The highest BCUT2D eigenvalue weighted by atomic mass is 32.2. The average Bonchev–Trinajstić information content (AvgIpc) is 3.23. The van der Waals surface area contributed by atoms with Gasteiger partial charge in [0.05, 0.1) is 15.7 Å². The Balaban J connectivity index is 1.59. The zero-order valence-corrected chi connectivity index (χ0v) is 20.8. The minimum absolute atomic E-state index is 0.106. The van der Waals surface area contributed by atoms with Crippen LogP contribution in [-0.2, 0) is 16.0 Å². The van der Waals surface area contributed by atoms with Gasteiger partial charge in [-0.05, 0) is 60.6 Å². The van der Waals surface area contributed by atoms with Crippen molar-refractivity contribution in [3.05, 3.63) is 63.7 Å². The minimum Gasteiger partial charge on any atom is -0.511 e. The number of cyclic esters (lactones) is 1. The molecule has 0 aliphatic carbocycles. The molecule has 0 fully saturated rings. The molecule has 0 radical (unpaired) electrons. The van der Waals surface area contributed by atoms with E-state index in [4.69, 9.17) is 4.74 Å². The number of esters is 1. The number of benzene rings is 2. The van der Waals surface area contributed by atoms with Gasteiger partial charge in [0.15, 0.2) is 0 Å². The third-order valence-electron chi connectivity index (χ3n) is 6.05. The van der Waals surface area contributed by atoms with Gasteiger partial charge >= 0.3 is 5.97 Å². The SMILES string of the molecule is CCCC1(CCc2ccc(O)cc2)CC(O)=C(Sc2cc3scnc3cc2C(C)C)C(=O)O1. The molecule has 1 unspecified atom stereocenters. The number of hydrogen-bond acceptors (Lipinski definition) is 7. The molecular formula is C26H29NO4S2. The van der Waals surface area contributed by atoms with E-state index in [1.165, 1.54) is 11.8 Å². The van der Waals surface area contributed by atoms with E-state index in [9.17, 15) is 15.0 Å². The first-order valence-electron chi connectivity index (χ1n) is 11.3. The number of thiazole rings is 1. The molecule has 1 aliphatic rings. The molecule has 3 aromatic rings. The molecule has 1 aliphatic heterocycles. The summed E-state index contributed by atoms with van der Waals surface area (Å²) >= 11 is 2.86. The van der Waals surface area contributed by atoms with Gasteiger partial charge < -0.3 is 14.9 Å². The molecule has 0 bridgehead atoms. The summed E-state index contributed by atoms with van der Waals surface area (Å²) in [6, 6.07) is 11.2. The molecule has 5 nitrogen and oxygen atoms in total. The number of fused-ring (bicyclic) bond motifs is 1. The van der Waals surface area contributed by atoms with Gasteiger partial charge in [-0.1, -0.05) is 51.1 Å². The summed E-state index contributed by atoms with van der Waals surface area (Å²) < 4.78 is 7.11. The van der Waals surface area contributed by atoms with Gasteiger partial charge in [-0.2, -0.15) is 0 Å². The number of hydrogen-bond donors (Lipinski definition) is 2. The van der Waals surface area contributed by atoms with E-state index < -0.39 is 11.6 Å². The predicted molar refractivity (Wildman–Crippen MR) is 134 cm³/mol. The number of rotatable bonds is 8. The summed E-state index contributed by atoms with van der Waals surface area (Å²) in [6.07, 6.45) is 3.15. The number of aromatic nitrogens is 1. The Morgan fingerprint density at radius 2 is 1.94 bits per heavy atom. The number of aromatic hydroxyl groups is 1. The highest BCUT2D eigenvalue weighted by Crippen LogP contribution is 2.44. The second-order valence-electron chi connectivity index (χ2n) is 8.91. The highest BCUT2D eigenvalue weighted by molar-refractivity contribution is 8.04. The third kappa shape index (κ3) is 5.20. The Kier molecular flexibility index (Phi) is 7.00. The summed E-state index contributed by atoms with van der Waals surface area (Å²) in [7, 11) is 0. The van der Waals surface area contributed by atoms with Crippen molar-refractivity contribution >= 4 is 39.3 Å². The lowest BCUT2D eigenvalue weighted by Gasteiger charge is -2.37. The van der Waals surface area contributed by atoms with Gasteiger partial charge in [-0.15, -0.1) is 11.3 Å². The lowest BCUT2D eigenvalue weighted by molar-refractivity contribution is -0.159. The maximum Gasteiger partial charge on any atom is 0.349 e. The number of ether oxygens (including phenoxy) is 1. The van der Waals surface area contributed by atoms with Crippen LogP contribution in [0.15, 0.2) is 57.5 Å². The van der Waals surface area contributed by atoms with Crippen LogP contribution < -0.4 is 0 Å². The Morgan fingerprint density at radius 1 is 1.18 bits per heavy atom. The van der Waals surface area contributed by atoms with Gasteiger partial charge in [0.25, 0.3) is 0 Å². The maximum atomic E-state index is 13.1. The number of phenols is 1. The fraction of sp³-hybridized carbons (Fsp3) is 0.385. The maximum absolute atomic E-state index is 13.1. The van der Waals surface area contributed by atoms with Crippen LogP contribution in [0.1, 0.15) is 63.5 Å². The highest BCUT2D eigenvalue weighted by Gasteiger charge is 2.41. The number of aryl methyl sites for hydroxylation is 1. The largest absolute Gasteiger partial charge is 0.511 e. The van der Waals surface area contributed by atoms with Gasteiger partial charge in [-0.25, -0.2) is 9.78 Å². The number of carbonyl (C=O) groups excluding carboxylic acids is 1. The number of aliphatic hydroxyl groups is 1. The molecule has 2 N–H and O–H groups in total. The number of aliphatic hydroxyl groups excluding tert-OH is 1. The van der Waals surface area contributed by atoms with Gasteiger partial charge in [0, 0.05) is 11.3 Å². The fourth-order valence-electron chi connectivity index (χ4n) is 4.33. The Bertz CT molecular complexity index is 1180. The molecule has 2 aromatic carbocycles. The molecule has 0 saturated carbocycles. The van der Waals surface area contributed by atoms with Crippen molar-refractivity contribution < 1.29 is 19.7 Å². The lowest BCUT2D eigenvalue weighted by atomic mass is 9.85. The van der Waals surface area contributed by atoms with E-state index in [0.717, 1.165) is 32.7 Å². The van der Waals surface area contributed by atoms with Crippen molar-refractivity contribution in [3.63, 3.8) is 0 Å². The van der Waals surface area contributed by atoms with E-state index in [0.29, 0.717) is 25.7 Å². The van der Waals surface area contributed by atoms with Crippen molar-refractivity contribution in [2.75, 3.05) is 0 Å². The number of carbonyl (C=O) groups is 1. The van der Waals surface area contributed by atoms with Crippen molar-refractivity contribution in [3.8, 4) is 5.75 Å². The van der Waals surface area contributed by atoms with E-state index in [1.54, 1.807) is 23.5 Å². The molecular weight excluding hydrogens is 454 g/mol. The average molecular weight is 484 g/mol. The summed E-state index contributed by atoms with van der Waals surface area (Å²) in [5.41, 5.74) is 4.21. The standard InChI is InChI=1S/C26H29NO4S2/c1-4-10-26(11-9-17-5-7-18(28)8-6-17)14-21(29)24(25(30)31-26)33-22-13-23-20(27-15-32-23)12-19(22)16(2)3/h5-8,12-13,15-16,28-29H,4,9-11,14H2,1-3H3. The van der Waals surface area contributed by atoms with Crippen molar-refractivity contribution in [2.24, 2.45) is 0 Å². The molecule has 1 aromatic heterocycles. The first kappa shape index (κ1) is 23.6. The molecule has 2 heterocycles. The summed E-state index contributed by atoms with van der Waals surface area (Å²) in [4.78, 5) is 18.8. The molecule has 33 heavy (non-hydrogen) atoms. The van der Waals surface area contributed by atoms with Crippen LogP contribution in [0.25, 0.3) is 10.2 Å². The van der Waals surface area contributed by atoms with Crippen molar-refractivity contribution in [1.29, 1.82) is 0 Å². The smallest absolute Gasteiger partial charge is 0.349 e. The van der Waals surface area contributed by atoms with Crippen LogP contribution in [-0.4, -0.2) is 26.8 Å².